The van der Waals surface area contributed by atoms with E-state index in [9.17, 15) is 31.1 Å². The number of aromatic nitrogens is 2. The second-order valence-corrected chi connectivity index (χ2v) is 7.30. The minimum absolute atomic E-state index is 0.0174. The smallest absolute Gasteiger partial charge is 0.357 e. The molecule has 170 valence electrons. The van der Waals surface area contributed by atoms with Gasteiger partial charge in [-0.05, 0) is 37.0 Å². The van der Waals surface area contributed by atoms with Gasteiger partial charge in [0.15, 0.2) is 0 Å². The molecule has 0 saturated carbocycles. The highest BCUT2D eigenvalue weighted by atomic mass is 19.4. The Morgan fingerprint density at radius 1 is 1.06 bits per heavy atom. The number of carbonyl (C=O) groups is 1. The fourth-order valence-electron chi connectivity index (χ4n) is 3.25. The minimum Gasteiger partial charge on any atom is -0.357 e. The molecule has 0 atom stereocenters. The summed E-state index contributed by atoms with van der Waals surface area (Å²) in [4.78, 5) is 20.2. The Hall–Kier alpha value is -2.69. The van der Waals surface area contributed by atoms with E-state index in [4.69, 9.17) is 0 Å². The zero-order chi connectivity index (χ0) is 23.6. The van der Waals surface area contributed by atoms with Gasteiger partial charge in [0, 0.05) is 30.8 Å². The monoisotopic (exact) mass is 449 g/mol. The number of aryl methyl sites for hydroxylation is 1. The molecule has 11 heteroatoms. The van der Waals surface area contributed by atoms with Gasteiger partial charge in [-0.1, -0.05) is 19.9 Å². The molecule has 0 aliphatic rings. The van der Waals surface area contributed by atoms with Crippen LogP contribution in [0.15, 0.2) is 30.6 Å². The van der Waals surface area contributed by atoms with Gasteiger partial charge in [-0.25, -0.2) is 4.98 Å². The van der Waals surface area contributed by atoms with Crippen molar-refractivity contribution in [1.29, 1.82) is 0 Å². The molecule has 0 aliphatic heterocycles. The maximum atomic E-state index is 13.7. The van der Waals surface area contributed by atoms with E-state index < -0.39 is 29.4 Å². The number of carbonyl (C=O) groups excluding carboxylic acids is 1. The number of rotatable bonds is 6. The summed E-state index contributed by atoms with van der Waals surface area (Å²) in [6, 6.07) is 2.74. The number of nitrogens with zero attached hydrogens (tertiary/aromatic N) is 2. The van der Waals surface area contributed by atoms with Crippen LogP contribution in [-0.2, 0) is 16.8 Å². The van der Waals surface area contributed by atoms with E-state index in [1.54, 1.807) is 13.8 Å². The van der Waals surface area contributed by atoms with Gasteiger partial charge in [-0.3, -0.25) is 9.78 Å². The summed E-state index contributed by atoms with van der Waals surface area (Å²) in [7, 11) is 0.368. The predicted molar refractivity (Wildman–Crippen MR) is 101 cm³/mol. The Balaban J connectivity index is 2.60. The molecule has 0 bridgehead atoms. The van der Waals surface area contributed by atoms with E-state index in [2.05, 4.69) is 20.0 Å². The standard InChI is InChI=1S/C20H21F6N3O2/c1-11(2)9-13-10-14(29-17(30)16-12(3)27-7-8-28-16)5-6-15(13)18(31-4,19(21,22)23)20(24,25)26/h5-8,10-11H,9H2,1-4H3,(H,29,30). The quantitative estimate of drug-likeness (QED) is 0.616. The maximum absolute atomic E-state index is 13.7. The van der Waals surface area contributed by atoms with Crippen LogP contribution >= 0.6 is 0 Å². The highest BCUT2D eigenvalue weighted by Gasteiger charge is 2.73. The van der Waals surface area contributed by atoms with E-state index >= 15 is 0 Å². The first kappa shape index (κ1) is 24.6. The summed E-state index contributed by atoms with van der Waals surface area (Å²) in [6.07, 6.45) is -8.99. The first-order chi connectivity index (χ1) is 14.2. The van der Waals surface area contributed by atoms with Crippen LogP contribution in [0.3, 0.4) is 0 Å². The van der Waals surface area contributed by atoms with Crippen molar-refractivity contribution in [3.8, 4) is 0 Å². The number of methoxy groups -OCH3 is 1. The average molecular weight is 449 g/mol. The summed E-state index contributed by atoms with van der Waals surface area (Å²) in [6.45, 7) is 4.83. The topological polar surface area (TPSA) is 64.1 Å². The maximum Gasteiger partial charge on any atom is 0.430 e. The molecule has 1 N–H and O–H groups in total. The number of ether oxygens (including phenoxy) is 1. The van der Waals surface area contributed by atoms with Crippen molar-refractivity contribution in [2.75, 3.05) is 12.4 Å². The van der Waals surface area contributed by atoms with Gasteiger partial charge in [-0.2, -0.15) is 26.3 Å². The Kier molecular flexibility index (Phi) is 6.99. The van der Waals surface area contributed by atoms with E-state index in [0.29, 0.717) is 18.9 Å². The Morgan fingerprint density at radius 3 is 2.13 bits per heavy atom. The molecular formula is C20H21F6N3O2. The molecule has 2 aromatic rings. The van der Waals surface area contributed by atoms with Gasteiger partial charge in [-0.15, -0.1) is 0 Å². The lowest BCUT2D eigenvalue weighted by Crippen LogP contribution is -2.55. The van der Waals surface area contributed by atoms with E-state index in [-0.39, 0.29) is 29.3 Å². The molecule has 0 saturated heterocycles. The summed E-state index contributed by atoms with van der Waals surface area (Å²) < 4.78 is 86.5. The fourth-order valence-corrected chi connectivity index (χ4v) is 3.25. The van der Waals surface area contributed by atoms with Gasteiger partial charge < -0.3 is 10.1 Å². The fraction of sp³-hybridized carbons (Fsp3) is 0.450. The first-order valence-electron chi connectivity index (χ1n) is 9.15. The summed E-state index contributed by atoms with van der Waals surface area (Å²) >= 11 is 0. The number of alkyl halides is 6. The van der Waals surface area contributed by atoms with Crippen LogP contribution in [-0.4, -0.2) is 35.3 Å². The highest BCUT2D eigenvalue weighted by Crippen LogP contribution is 2.53. The number of nitrogens with one attached hydrogen (secondary N) is 1. The van der Waals surface area contributed by atoms with Crippen LogP contribution in [0.1, 0.15) is 41.2 Å². The van der Waals surface area contributed by atoms with Gasteiger partial charge in [0.25, 0.3) is 11.5 Å². The predicted octanol–water partition coefficient (Wildman–Crippen LogP) is 5.20. The summed E-state index contributed by atoms with van der Waals surface area (Å²) in [5, 5.41) is 2.44. The normalized spacial score (nSPS) is 12.9. The Morgan fingerprint density at radius 2 is 1.65 bits per heavy atom. The van der Waals surface area contributed by atoms with Gasteiger partial charge in [0.05, 0.1) is 5.69 Å². The largest absolute Gasteiger partial charge is 0.430 e. The first-order valence-corrected chi connectivity index (χ1v) is 9.15. The van der Waals surface area contributed by atoms with E-state index in [0.717, 1.165) is 12.1 Å². The van der Waals surface area contributed by atoms with Gasteiger partial charge >= 0.3 is 12.4 Å². The van der Waals surface area contributed by atoms with Crippen LogP contribution in [0.4, 0.5) is 32.0 Å². The third kappa shape index (κ3) is 4.81. The minimum atomic E-state index is -5.77. The van der Waals surface area contributed by atoms with Gasteiger partial charge in [0.1, 0.15) is 5.69 Å². The lowest BCUT2D eigenvalue weighted by molar-refractivity contribution is -0.383. The molecule has 0 fully saturated rings. The van der Waals surface area contributed by atoms with E-state index in [1.807, 2.05) is 0 Å². The molecule has 1 heterocycles. The lowest BCUT2D eigenvalue weighted by atomic mass is 9.84. The molecular weight excluding hydrogens is 428 g/mol. The Bertz CT molecular complexity index is 927. The molecule has 1 aromatic carbocycles. The van der Waals surface area contributed by atoms with Crippen molar-refractivity contribution in [3.05, 3.63) is 53.1 Å². The average Bonchev–Trinajstić information content (AvgIpc) is 2.61. The molecule has 0 spiro atoms. The van der Waals surface area contributed by atoms with Crippen LogP contribution in [0.25, 0.3) is 0 Å². The number of hydrogen-bond donors (Lipinski definition) is 1. The van der Waals surface area contributed by atoms with Crippen LogP contribution in [0.2, 0.25) is 0 Å². The molecule has 5 nitrogen and oxygen atoms in total. The molecule has 2 rings (SSSR count). The zero-order valence-corrected chi connectivity index (χ0v) is 17.1. The Labute approximate surface area is 174 Å². The number of benzene rings is 1. The van der Waals surface area contributed by atoms with Crippen LogP contribution in [0, 0.1) is 12.8 Å². The van der Waals surface area contributed by atoms with Crippen LogP contribution < -0.4 is 5.32 Å². The number of anilines is 1. The molecule has 0 radical (unpaired) electrons. The molecule has 1 aromatic heterocycles. The number of hydrogen-bond acceptors (Lipinski definition) is 4. The van der Waals surface area contributed by atoms with Crippen molar-refractivity contribution in [2.45, 2.75) is 45.1 Å². The molecule has 0 aliphatic carbocycles. The van der Waals surface area contributed by atoms with Crippen LogP contribution in [0.5, 0.6) is 0 Å². The summed E-state index contributed by atoms with van der Waals surface area (Å²) in [5.74, 6) is -0.971. The molecule has 31 heavy (non-hydrogen) atoms. The molecule has 0 unspecified atom stereocenters. The third-order valence-corrected chi connectivity index (χ3v) is 4.57. The second kappa shape index (κ2) is 8.81. The number of halogens is 6. The zero-order valence-electron chi connectivity index (χ0n) is 17.1. The van der Waals surface area contributed by atoms with Crippen molar-refractivity contribution >= 4 is 11.6 Å². The van der Waals surface area contributed by atoms with Crippen molar-refractivity contribution < 1.29 is 35.9 Å². The van der Waals surface area contributed by atoms with E-state index in [1.165, 1.54) is 19.3 Å². The highest BCUT2D eigenvalue weighted by molar-refractivity contribution is 6.03. The molecule has 1 amide bonds. The van der Waals surface area contributed by atoms with Crippen molar-refractivity contribution in [3.63, 3.8) is 0 Å². The number of amides is 1. The second-order valence-electron chi connectivity index (χ2n) is 7.30. The SMILES string of the molecule is COC(c1ccc(NC(=O)c2nccnc2C)cc1CC(C)C)(C(F)(F)F)C(F)(F)F. The van der Waals surface area contributed by atoms with Crippen molar-refractivity contribution in [2.24, 2.45) is 5.92 Å². The van der Waals surface area contributed by atoms with Crippen molar-refractivity contribution in [1.82, 2.24) is 9.97 Å². The third-order valence-electron chi connectivity index (χ3n) is 4.57. The lowest BCUT2D eigenvalue weighted by Gasteiger charge is -2.37. The summed E-state index contributed by atoms with van der Waals surface area (Å²) in [5.41, 5.74) is -5.52. The van der Waals surface area contributed by atoms with Gasteiger partial charge in [0.2, 0.25) is 0 Å².